The third-order valence-electron chi connectivity index (χ3n) is 3.70. The molecule has 2 rings (SSSR count). The second-order valence-electron chi connectivity index (χ2n) is 4.84. The van der Waals surface area contributed by atoms with Gasteiger partial charge in [-0.1, -0.05) is 19.8 Å². The summed E-state index contributed by atoms with van der Waals surface area (Å²) in [7, 11) is 1.95. The molecule has 4 heteroatoms. The van der Waals surface area contributed by atoms with Crippen LogP contribution in [-0.4, -0.2) is 23.9 Å². The second kappa shape index (κ2) is 5.53. The Balaban J connectivity index is 2.11. The van der Waals surface area contributed by atoms with Crippen LogP contribution < -0.4 is 0 Å². The maximum absolute atomic E-state index is 12.4. The highest BCUT2D eigenvalue weighted by Gasteiger charge is 2.29. The predicted octanol–water partition coefficient (Wildman–Crippen LogP) is 4.16. The second-order valence-corrected chi connectivity index (χ2v) is 6.61. The van der Waals surface area contributed by atoms with E-state index in [0.29, 0.717) is 12.0 Å². The first-order chi connectivity index (χ1) is 8.11. The Morgan fingerprint density at radius 3 is 2.76 bits per heavy atom. The molecule has 17 heavy (non-hydrogen) atoms. The van der Waals surface area contributed by atoms with Crippen molar-refractivity contribution in [3.8, 4) is 0 Å². The maximum Gasteiger partial charge on any atom is 0.265 e. The molecule has 1 aromatic heterocycles. The van der Waals surface area contributed by atoms with Gasteiger partial charge in [-0.25, -0.2) is 0 Å². The van der Waals surface area contributed by atoms with Crippen molar-refractivity contribution in [1.82, 2.24) is 4.90 Å². The van der Waals surface area contributed by atoms with Gasteiger partial charge < -0.3 is 4.90 Å². The number of halogens is 1. The average Bonchev–Trinajstić information content (AvgIpc) is 2.74. The van der Waals surface area contributed by atoms with E-state index in [1.807, 2.05) is 23.4 Å². The van der Waals surface area contributed by atoms with Crippen LogP contribution in [-0.2, 0) is 0 Å². The van der Waals surface area contributed by atoms with Crippen molar-refractivity contribution in [2.45, 2.75) is 38.6 Å². The highest BCUT2D eigenvalue weighted by molar-refractivity contribution is 9.10. The van der Waals surface area contributed by atoms with Crippen molar-refractivity contribution < 1.29 is 4.79 Å². The van der Waals surface area contributed by atoms with E-state index in [4.69, 9.17) is 0 Å². The van der Waals surface area contributed by atoms with Gasteiger partial charge in [0.1, 0.15) is 4.88 Å². The molecule has 0 spiro atoms. The molecule has 1 aliphatic carbocycles. The number of hydrogen-bond acceptors (Lipinski definition) is 2. The SMILES string of the molecule is CC1CCCCC1N(C)C(=O)c1sccc1Br. The lowest BCUT2D eigenvalue weighted by atomic mass is 9.85. The van der Waals surface area contributed by atoms with Gasteiger partial charge in [0, 0.05) is 17.6 Å². The average molecular weight is 316 g/mol. The smallest absolute Gasteiger partial charge is 0.265 e. The van der Waals surface area contributed by atoms with Crippen molar-refractivity contribution in [3.05, 3.63) is 20.8 Å². The molecule has 1 aliphatic rings. The molecule has 0 radical (unpaired) electrons. The molecule has 2 nitrogen and oxygen atoms in total. The van der Waals surface area contributed by atoms with E-state index < -0.39 is 0 Å². The van der Waals surface area contributed by atoms with Gasteiger partial charge in [-0.2, -0.15) is 0 Å². The fourth-order valence-corrected chi connectivity index (χ4v) is 4.15. The van der Waals surface area contributed by atoms with Crippen LogP contribution in [0, 0.1) is 5.92 Å². The molecule has 94 valence electrons. The number of carbonyl (C=O) groups is 1. The molecule has 0 bridgehead atoms. The monoisotopic (exact) mass is 315 g/mol. The summed E-state index contributed by atoms with van der Waals surface area (Å²) in [6.07, 6.45) is 4.95. The highest BCUT2D eigenvalue weighted by atomic mass is 79.9. The zero-order chi connectivity index (χ0) is 12.4. The first-order valence-electron chi connectivity index (χ1n) is 6.11. The summed E-state index contributed by atoms with van der Waals surface area (Å²) in [5.74, 6) is 0.780. The standard InChI is InChI=1S/C13H18BrNOS/c1-9-5-3-4-6-11(9)15(2)13(16)12-10(14)7-8-17-12/h7-9,11H,3-6H2,1-2H3. The molecular formula is C13H18BrNOS. The lowest BCUT2D eigenvalue weighted by molar-refractivity contribution is 0.0633. The Bertz CT molecular complexity index is 404. The minimum absolute atomic E-state index is 0.158. The molecule has 1 heterocycles. The molecule has 1 fully saturated rings. The van der Waals surface area contributed by atoms with Gasteiger partial charge in [0.2, 0.25) is 0 Å². The van der Waals surface area contributed by atoms with Crippen LogP contribution in [0.3, 0.4) is 0 Å². The zero-order valence-electron chi connectivity index (χ0n) is 10.3. The molecule has 1 amide bonds. The molecule has 0 aliphatic heterocycles. The minimum Gasteiger partial charge on any atom is -0.338 e. The third kappa shape index (κ3) is 2.74. The van der Waals surface area contributed by atoms with Crippen molar-refractivity contribution >= 4 is 33.2 Å². The fraction of sp³-hybridized carbons (Fsp3) is 0.615. The van der Waals surface area contributed by atoms with E-state index in [9.17, 15) is 4.79 Å². The summed E-state index contributed by atoms with van der Waals surface area (Å²) < 4.78 is 0.919. The minimum atomic E-state index is 0.158. The normalized spacial score (nSPS) is 24.6. The molecule has 0 N–H and O–H groups in total. The number of hydrogen-bond donors (Lipinski definition) is 0. The quantitative estimate of drug-likeness (QED) is 0.802. The van der Waals surface area contributed by atoms with Gasteiger partial charge in [-0.15, -0.1) is 11.3 Å². The molecule has 0 saturated heterocycles. The van der Waals surface area contributed by atoms with Crippen LogP contribution in [0.2, 0.25) is 0 Å². The summed E-state index contributed by atoms with van der Waals surface area (Å²) >= 11 is 4.95. The van der Waals surface area contributed by atoms with Gasteiger partial charge in [-0.05, 0) is 46.1 Å². The first kappa shape index (κ1) is 13.1. The van der Waals surface area contributed by atoms with Crippen LogP contribution in [0.15, 0.2) is 15.9 Å². The largest absolute Gasteiger partial charge is 0.338 e. The van der Waals surface area contributed by atoms with Gasteiger partial charge in [0.25, 0.3) is 5.91 Å². The summed E-state index contributed by atoms with van der Waals surface area (Å²) in [5.41, 5.74) is 0. The Hall–Kier alpha value is -0.350. The molecule has 1 saturated carbocycles. The molecule has 1 aromatic rings. The number of amides is 1. The Labute approximate surface area is 115 Å². The van der Waals surface area contributed by atoms with Crippen molar-refractivity contribution in [1.29, 1.82) is 0 Å². The van der Waals surface area contributed by atoms with Gasteiger partial charge in [-0.3, -0.25) is 4.79 Å². The van der Waals surface area contributed by atoms with Crippen LogP contribution in [0.1, 0.15) is 42.3 Å². The van der Waals surface area contributed by atoms with E-state index in [1.165, 1.54) is 30.6 Å². The van der Waals surface area contributed by atoms with Gasteiger partial charge in [0.05, 0.1) is 0 Å². The molecule has 2 unspecified atom stereocenters. The third-order valence-corrected chi connectivity index (χ3v) is 5.52. The highest BCUT2D eigenvalue weighted by Crippen LogP contribution is 2.30. The number of carbonyl (C=O) groups excluding carboxylic acids is 1. The number of thiophene rings is 1. The summed E-state index contributed by atoms with van der Waals surface area (Å²) in [6.45, 7) is 2.26. The molecule has 0 aromatic carbocycles. The van der Waals surface area contributed by atoms with Gasteiger partial charge in [0.15, 0.2) is 0 Å². The Morgan fingerprint density at radius 1 is 1.47 bits per heavy atom. The fourth-order valence-electron chi connectivity index (χ4n) is 2.63. The summed E-state index contributed by atoms with van der Waals surface area (Å²) in [4.78, 5) is 15.1. The van der Waals surface area contributed by atoms with Crippen LogP contribution >= 0.6 is 27.3 Å². The maximum atomic E-state index is 12.4. The summed E-state index contributed by atoms with van der Waals surface area (Å²) in [6, 6.07) is 2.35. The molecular weight excluding hydrogens is 298 g/mol. The van der Waals surface area contributed by atoms with E-state index in [-0.39, 0.29) is 5.91 Å². The van der Waals surface area contributed by atoms with E-state index in [2.05, 4.69) is 22.9 Å². The van der Waals surface area contributed by atoms with Gasteiger partial charge >= 0.3 is 0 Å². The lowest BCUT2D eigenvalue weighted by Crippen LogP contribution is -2.42. The first-order valence-corrected chi connectivity index (χ1v) is 7.78. The van der Waals surface area contributed by atoms with E-state index >= 15 is 0 Å². The number of rotatable bonds is 2. The van der Waals surface area contributed by atoms with E-state index in [0.717, 1.165) is 15.8 Å². The summed E-state index contributed by atoms with van der Waals surface area (Å²) in [5, 5.41) is 1.95. The van der Waals surface area contributed by atoms with Crippen molar-refractivity contribution in [2.75, 3.05) is 7.05 Å². The Morgan fingerprint density at radius 2 is 2.18 bits per heavy atom. The predicted molar refractivity (Wildman–Crippen MR) is 75.5 cm³/mol. The van der Waals surface area contributed by atoms with E-state index in [1.54, 1.807) is 0 Å². The van der Waals surface area contributed by atoms with Crippen LogP contribution in [0.25, 0.3) is 0 Å². The molecule has 2 atom stereocenters. The van der Waals surface area contributed by atoms with Crippen LogP contribution in [0.4, 0.5) is 0 Å². The van der Waals surface area contributed by atoms with Crippen molar-refractivity contribution in [3.63, 3.8) is 0 Å². The topological polar surface area (TPSA) is 20.3 Å². The lowest BCUT2D eigenvalue weighted by Gasteiger charge is -2.36. The zero-order valence-corrected chi connectivity index (χ0v) is 12.7. The Kier molecular flexibility index (Phi) is 4.26. The van der Waals surface area contributed by atoms with Crippen LogP contribution in [0.5, 0.6) is 0 Å². The number of nitrogens with zero attached hydrogens (tertiary/aromatic N) is 1. The van der Waals surface area contributed by atoms with Crippen molar-refractivity contribution in [2.24, 2.45) is 5.92 Å².